The molecule has 0 aliphatic heterocycles. The molecular weight excluding hydrogens is 383 g/mol. The third-order valence-corrected chi connectivity index (χ3v) is 4.60. The number of ether oxygens (including phenoxy) is 1. The second-order valence-electron chi connectivity index (χ2n) is 4.41. The molecule has 0 heterocycles. The zero-order valence-electron chi connectivity index (χ0n) is 10.9. The lowest BCUT2D eigenvalue weighted by atomic mass is 10.2. The molecule has 0 bridgehead atoms. The molecule has 0 atom stereocenters. The maximum atomic E-state index is 13.7. The Morgan fingerprint density at radius 2 is 1.95 bits per heavy atom. The van der Waals surface area contributed by atoms with E-state index in [-0.39, 0.29) is 17.3 Å². The minimum atomic E-state index is -3.93. The summed E-state index contributed by atoms with van der Waals surface area (Å²) in [5.74, 6) is -0.343. The van der Waals surface area contributed by atoms with Crippen LogP contribution in [0.5, 0.6) is 5.75 Å². The van der Waals surface area contributed by atoms with Gasteiger partial charge in [-0.1, -0.05) is 28.1 Å². The summed E-state index contributed by atoms with van der Waals surface area (Å²) in [5.41, 5.74) is 1.05. The summed E-state index contributed by atoms with van der Waals surface area (Å²) in [4.78, 5) is -0.123. The number of benzene rings is 2. The minimum absolute atomic E-state index is 0.0953. The van der Waals surface area contributed by atoms with Crippen molar-refractivity contribution in [2.75, 3.05) is 0 Å². The van der Waals surface area contributed by atoms with Crippen molar-refractivity contribution in [3.05, 3.63) is 57.8 Å². The summed E-state index contributed by atoms with van der Waals surface area (Å²) in [5, 5.41) is 0. The van der Waals surface area contributed by atoms with Crippen molar-refractivity contribution in [2.24, 2.45) is 0 Å². The van der Waals surface area contributed by atoms with Gasteiger partial charge >= 0.3 is 0 Å². The Bertz CT molecular complexity index is 778. The highest BCUT2D eigenvalue weighted by atomic mass is 79.9. The minimum Gasteiger partial charge on any atom is -0.487 e. The van der Waals surface area contributed by atoms with Crippen LogP contribution in [-0.2, 0) is 15.7 Å². The predicted octanol–water partition coefficient (Wildman–Crippen LogP) is 4.40. The van der Waals surface area contributed by atoms with Crippen molar-refractivity contribution >= 4 is 35.7 Å². The largest absolute Gasteiger partial charge is 0.487 e. The Morgan fingerprint density at radius 3 is 2.57 bits per heavy atom. The second kappa shape index (κ2) is 6.34. The molecule has 2 aromatic carbocycles. The molecule has 0 aliphatic rings. The van der Waals surface area contributed by atoms with E-state index in [4.69, 9.17) is 15.4 Å². The topological polar surface area (TPSA) is 43.4 Å². The summed E-state index contributed by atoms with van der Waals surface area (Å²) in [7, 11) is 1.45. The fourth-order valence-electron chi connectivity index (χ4n) is 1.72. The predicted molar refractivity (Wildman–Crippen MR) is 82.6 cm³/mol. The highest BCUT2D eigenvalue weighted by molar-refractivity contribution is 9.10. The molecule has 0 saturated heterocycles. The Balaban J connectivity index is 2.28. The molecule has 0 saturated carbocycles. The van der Waals surface area contributed by atoms with Crippen LogP contribution in [0.1, 0.15) is 11.1 Å². The van der Waals surface area contributed by atoms with Crippen molar-refractivity contribution in [3.63, 3.8) is 0 Å². The van der Waals surface area contributed by atoms with Gasteiger partial charge in [0.25, 0.3) is 9.05 Å². The van der Waals surface area contributed by atoms with Crippen LogP contribution in [-0.4, -0.2) is 8.42 Å². The molecule has 0 fully saturated rings. The fraction of sp³-hybridized carbons (Fsp3) is 0.143. The number of halogens is 3. The van der Waals surface area contributed by atoms with E-state index < -0.39 is 14.9 Å². The van der Waals surface area contributed by atoms with Crippen LogP contribution in [0.2, 0.25) is 0 Å². The van der Waals surface area contributed by atoms with Gasteiger partial charge in [0.1, 0.15) is 23.1 Å². The fourth-order valence-corrected chi connectivity index (χ4v) is 3.11. The normalized spacial score (nSPS) is 11.4. The molecule has 0 aromatic heterocycles. The lowest BCUT2D eigenvalue weighted by Gasteiger charge is -2.11. The first-order valence-electron chi connectivity index (χ1n) is 5.89. The molecule has 2 rings (SSSR count). The molecule has 0 aliphatic carbocycles. The quantitative estimate of drug-likeness (QED) is 0.723. The van der Waals surface area contributed by atoms with Crippen LogP contribution in [0.15, 0.2) is 45.8 Å². The van der Waals surface area contributed by atoms with Crippen molar-refractivity contribution in [1.29, 1.82) is 0 Å². The van der Waals surface area contributed by atoms with Crippen LogP contribution in [0.3, 0.4) is 0 Å². The van der Waals surface area contributed by atoms with Gasteiger partial charge in [-0.25, -0.2) is 12.8 Å². The van der Waals surface area contributed by atoms with Gasteiger partial charge in [0.2, 0.25) is 0 Å². The molecule has 0 unspecified atom stereocenters. The van der Waals surface area contributed by atoms with Crippen molar-refractivity contribution < 1.29 is 17.5 Å². The number of rotatable bonds is 4. The van der Waals surface area contributed by atoms with Gasteiger partial charge in [-0.15, -0.1) is 0 Å². The van der Waals surface area contributed by atoms with Gasteiger partial charge in [-0.2, -0.15) is 0 Å². The molecule has 21 heavy (non-hydrogen) atoms. The first-order chi connectivity index (χ1) is 9.77. The van der Waals surface area contributed by atoms with Crippen LogP contribution in [0.25, 0.3) is 0 Å². The van der Waals surface area contributed by atoms with Gasteiger partial charge in [0.15, 0.2) is 0 Å². The van der Waals surface area contributed by atoms with Gasteiger partial charge in [-0.3, -0.25) is 0 Å². The summed E-state index contributed by atoms with van der Waals surface area (Å²) >= 11 is 3.16. The molecular formula is C14H11BrClFO3S. The van der Waals surface area contributed by atoms with Crippen LogP contribution in [0, 0.1) is 12.7 Å². The Labute approximate surface area is 135 Å². The summed E-state index contributed by atoms with van der Waals surface area (Å²) in [6.45, 7) is 1.64. The maximum Gasteiger partial charge on any atom is 0.264 e. The third kappa shape index (κ3) is 4.18. The molecule has 0 radical (unpaired) electrons. The Kier molecular flexibility index (Phi) is 4.91. The summed E-state index contributed by atoms with van der Waals surface area (Å²) in [6.07, 6.45) is 0. The van der Waals surface area contributed by atoms with E-state index in [1.807, 2.05) is 0 Å². The number of hydrogen-bond donors (Lipinski definition) is 0. The molecule has 3 nitrogen and oxygen atoms in total. The van der Waals surface area contributed by atoms with E-state index >= 15 is 0 Å². The summed E-state index contributed by atoms with van der Waals surface area (Å²) in [6, 6.07) is 9.15. The Hall–Kier alpha value is -1.11. The molecule has 112 valence electrons. The van der Waals surface area contributed by atoms with E-state index in [1.165, 1.54) is 18.2 Å². The Morgan fingerprint density at radius 1 is 1.24 bits per heavy atom. The number of aryl methyl sites for hydroxylation is 1. The van der Waals surface area contributed by atoms with Gasteiger partial charge in [0, 0.05) is 20.7 Å². The molecule has 7 heteroatoms. The highest BCUT2D eigenvalue weighted by Gasteiger charge is 2.17. The van der Waals surface area contributed by atoms with Crippen molar-refractivity contribution in [1.82, 2.24) is 0 Å². The molecule has 0 amide bonds. The molecule has 0 spiro atoms. The zero-order valence-corrected chi connectivity index (χ0v) is 14.1. The van der Waals surface area contributed by atoms with Crippen molar-refractivity contribution in [2.45, 2.75) is 18.4 Å². The van der Waals surface area contributed by atoms with Crippen LogP contribution >= 0.6 is 26.6 Å². The zero-order chi connectivity index (χ0) is 15.6. The lowest BCUT2D eigenvalue weighted by Crippen LogP contribution is -2.02. The average Bonchev–Trinajstić information content (AvgIpc) is 2.38. The van der Waals surface area contributed by atoms with E-state index in [0.717, 1.165) is 5.56 Å². The number of hydrogen-bond acceptors (Lipinski definition) is 3. The second-order valence-corrected chi connectivity index (χ2v) is 7.86. The van der Waals surface area contributed by atoms with Crippen LogP contribution in [0.4, 0.5) is 4.39 Å². The average molecular weight is 394 g/mol. The smallest absolute Gasteiger partial charge is 0.264 e. The SMILES string of the molecule is Cc1ccc(OCc2ccc(Br)cc2F)c(S(=O)(=O)Cl)c1. The molecule has 0 N–H and O–H groups in total. The van der Waals surface area contributed by atoms with E-state index in [0.29, 0.717) is 10.0 Å². The van der Waals surface area contributed by atoms with Crippen molar-refractivity contribution in [3.8, 4) is 5.75 Å². The summed E-state index contributed by atoms with van der Waals surface area (Å²) < 4.78 is 42.8. The first-order valence-corrected chi connectivity index (χ1v) is 8.99. The molecule has 2 aromatic rings. The maximum absolute atomic E-state index is 13.7. The van der Waals surface area contributed by atoms with Gasteiger partial charge < -0.3 is 4.74 Å². The van der Waals surface area contributed by atoms with Gasteiger partial charge in [-0.05, 0) is 36.8 Å². The monoisotopic (exact) mass is 392 g/mol. The standard InChI is InChI=1S/C14H11BrClFO3S/c1-9-2-5-13(14(6-9)21(16,18)19)20-8-10-3-4-11(15)7-12(10)17/h2-7H,8H2,1H3. The lowest BCUT2D eigenvalue weighted by molar-refractivity contribution is 0.292. The van der Waals surface area contributed by atoms with Gasteiger partial charge in [0.05, 0.1) is 0 Å². The van der Waals surface area contributed by atoms with E-state index in [2.05, 4.69) is 15.9 Å². The highest BCUT2D eigenvalue weighted by Crippen LogP contribution is 2.29. The first kappa shape index (κ1) is 16.3. The van der Waals surface area contributed by atoms with Crippen LogP contribution < -0.4 is 4.74 Å². The van der Waals surface area contributed by atoms with E-state index in [9.17, 15) is 12.8 Å². The third-order valence-electron chi connectivity index (χ3n) is 2.76. The van der Waals surface area contributed by atoms with E-state index in [1.54, 1.807) is 25.1 Å².